The Hall–Kier alpha value is -2.16. The summed E-state index contributed by atoms with van der Waals surface area (Å²) in [5.74, 6) is -2.64. The number of benzene rings is 1. The molecule has 0 aliphatic rings. The fraction of sp³-hybridized carbons (Fsp3) is 0.556. The predicted molar refractivity (Wildman–Crippen MR) is 97.7 cm³/mol. The van der Waals surface area contributed by atoms with Crippen LogP contribution >= 0.6 is 0 Å². The minimum absolute atomic E-state index is 0.0210. The number of carboxylic acid groups (broad SMARTS) is 2. The Kier molecular flexibility index (Phi) is 13.5. The third-order valence-corrected chi connectivity index (χ3v) is 3.42. The highest BCUT2D eigenvalue weighted by Crippen LogP contribution is 2.21. The van der Waals surface area contributed by atoms with E-state index in [9.17, 15) is 19.8 Å². The summed E-state index contributed by atoms with van der Waals surface area (Å²) in [5.41, 5.74) is -0.177. The van der Waals surface area contributed by atoms with Gasteiger partial charge in [0.2, 0.25) is 0 Å². The Morgan fingerprint density at radius 1 is 0.667 bits per heavy atom. The van der Waals surface area contributed by atoms with Crippen LogP contribution in [-0.2, 0) is 41.6 Å². The Labute approximate surface area is 172 Å². The lowest BCUT2D eigenvalue weighted by atomic mass is 9.98. The molecule has 0 saturated heterocycles. The van der Waals surface area contributed by atoms with Crippen LogP contribution < -0.4 is 0 Å². The summed E-state index contributed by atoms with van der Waals surface area (Å²) in [6.45, 7) is -1.14. The van der Waals surface area contributed by atoms with Gasteiger partial charge in [0.1, 0.15) is 27.2 Å². The van der Waals surface area contributed by atoms with Crippen molar-refractivity contribution in [2.45, 2.75) is 13.2 Å². The number of rotatable bonds is 18. The van der Waals surface area contributed by atoms with Crippen molar-refractivity contribution in [3.63, 3.8) is 0 Å². The highest BCUT2D eigenvalue weighted by Gasteiger charge is 2.20. The molecule has 0 heterocycles. The van der Waals surface area contributed by atoms with E-state index < -0.39 is 11.9 Å². The zero-order valence-corrected chi connectivity index (χ0v) is 16.3. The van der Waals surface area contributed by atoms with Crippen LogP contribution in [0.2, 0.25) is 0 Å². The number of carbonyl (C=O) groups is 2. The van der Waals surface area contributed by atoms with Crippen molar-refractivity contribution in [1.82, 2.24) is 0 Å². The zero-order valence-electron chi connectivity index (χ0n) is 16.3. The van der Waals surface area contributed by atoms with E-state index in [2.05, 4.69) is 0 Å². The Balaban J connectivity index is 2.69. The molecule has 0 saturated carbocycles. The standard InChI is InChI=1S/C18H26O12/c19-1-3-25-9-29-11-27-7-13-5-14(17(21)22)16(15(6-13)18(23)24)8-28-12-30-10-26-4-2-20/h5-6,19-20H,1-4,7-12H2,(H,21,22)(H,23,24). The smallest absolute Gasteiger partial charge is 0.336 e. The van der Waals surface area contributed by atoms with Gasteiger partial charge >= 0.3 is 11.9 Å². The van der Waals surface area contributed by atoms with E-state index in [0.717, 1.165) is 0 Å². The molecule has 0 fully saturated rings. The summed E-state index contributed by atoms with van der Waals surface area (Å²) in [7, 11) is 0. The molecule has 0 bridgehead atoms. The van der Waals surface area contributed by atoms with Gasteiger partial charge in [-0.05, 0) is 17.7 Å². The van der Waals surface area contributed by atoms with Crippen molar-refractivity contribution < 1.29 is 58.4 Å². The Morgan fingerprint density at radius 3 is 1.53 bits per heavy atom. The fourth-order valence-corrected chi connectivity index (χ4v) is 2.21. The molecular weight excluding hydrogens is 408 g/mol. The third-order valence-electron chi connectivity index (χ3n) is 3.42. The van der Waals surface area contributed by atoms with Gasteiger partial charge in [-0.2, -0.15) is 0 Å². The number of aliphatic hydroxyl groups is 2. The molecule has 30 heavy (non-hydrogen) atoms. The average Bonchev–Trinajstić information content (AvgIpc) is 2.72. The summed E-state index contributed by atoms with van der Waals surface area (Å²) in [5, 5.41) is 36.0. The summed E-state index contributed by atoms with van der Waals surface area (Å²) in [4.78, 5) is 23.2. The SMILES string of the molecule is O=C(O)c1cc(COCOCOCCO)cc(C(=O)O)c1COCOCOCCO. The molecule has 0 aliphatic carbocycles. The van der Waals surface area contributed by atoms with Gasteiger partial charge in [-0.25, -0.2) is 9.59 Å². The summed E-state index contributed by atoms with van der Waals surface area (Å²) in [6, 6.07) is 2.59. The lowest BCUT2D eigenvalue weighted by Crippen LogP contribution is -2.14. The fourth-order valence-electron chi connectivity index (χ4n) is 2.21. The molecule has 1 rings (SSSR count). The summed E-state index contributed by atoms with van der Waals surface area (Å²) >= 11 is 0. The van der Waals surface area contributed by atoms with Crippen molar-refractivity contribution in [2.75, 3.05) is 53.6 Å². The van der Waals surface area contributed by atoms with E-state index in [1.54, 1.807) is 0 Å². The average molecular weight is 434 g/mol. The second-order valence-electron chi connectivity index (χ2n) is 5.62. The number of carboxylic acids is 2. The van der Waals surface area contributed by atoms with Crippen LogP contribution in [0.25, 0.3) is 0 Å². The second-order valence-corrected chi connectivity index (χ2v) is 5.62. The van der Waals surface area contributed by atoms with Gasteiger partial charge in [0.25, 0.3) is 0 Å². The van der Waals surface area contributed by atoms with Crippen LogP contribution in [0.15, 0.2) is 12.1 Å². The molecule has 12 heteroatoms. The molecule has 0 atom stereocenters. The minimum Gasteiger partial charge on any atom is -0.478 e. The molecule has 0 spiro atoms. The van der Waals surface area contributed by atoms with Gasteiger partial charge < -0.3 is 48.8 Å². The van der Waals surface area contributed by atoms with Crippen molar-refractivity contribution >= 4 is 11.9 Å². The highest BCUT2D eigenvalue weighted by molar-refractivity contribution is 5.97. The molecule has 4 N–H and O–H groups in total. The summed E-state index contributed by atoms with van der Waals surface area (Å²) < 4.78 is 30.1. The van der Waals surface area contributed by atoms with E-state index in [0.29, 0.717) is 5.56 Å². The first-order valence-corrected chi connectivity index (χ1v) is 8.81. The molecule has 1 aromatic carbocycles. The van der Waals surface area contributed by atoms with Gasteiger partial charge in [-0.3, -0.25) is 0 Å². The molecule has 0 aromatic heterocycles. The van der Waals surface area contributed by atoms with Crippen molar-refractivity contribution in [3.8, 4) is 0 Å². The molecule has 170 valence electrons. The lowest BCUT2D eigenvalue weighted by molar-refractivity contribution is -0.138. The maximum Gasteiger partial charge on any atom is 0.336 e. The molecule has 12 nitrogen and oxygen atoms in total. The normalized spacial score (nSPS) is 11.0. The van der Waals surface area contributed by atoms with E-state index >= 15 is 0 Å². The molecule has 0 amide bonds. The first-order valence-electron chi connectivity index (χ1n) is 8.81. The predicted octanol–water partition coefficient (Wildman–Crippen LogP) is -0.00280. The molecule has 1 aromatic rings. The minimum atomic E-state index is -1.32. The zero-order chi connectivity index (χ0) is 22.2. The number of aliphatic hydroxyl groups excluding tert-OH is 2. The quantitative estimate of drug-likeness (QED) is 0.180. The van der Waals surface area contributed by atoms with Crippen molar-refractivity contribution in [1.29, 1.82) is 0 Å². The maximum atomic E-state index is 11.6. The van der Waals surface area contributed by atoms with Gasteiger partial charge in [-0.1, -0.05) is 0 Å². The van der Waals surface area contributed by atoms with Gasteiger partial charge in [0.05, 0.1) is 50.8 Å². The van der Waals surface area contributed by atoms with Crippen LogP contribution in [0.5, 0.6) is 0 Å². The Morgan fingerprint density at radius 2 is 1.10 bits per heavy atom. The molecular formula is C18H26O12. The van der Waals surface area contributed by atoms with Gasteiger partial charge in [0, 0.05) is 5.56 Å². The first-order chi connectivity index (χ1) is 14.5. The van der Waals surface area contributed by atoms with E-state index in [4.69, 9.17) is 38.6 Å². The maximum absolute atomic E-state index is 11.6. The largest absolute Gasteiger partial charge is 0.478 e. The number of hydrogen-bond donors (Lipinski definition) is 4. The lowest BCUT2D eigenvalue weighted by Gasteiger charge is -2.14. The van der Waals surface area contributed by atoms with Crippen LogP contribution in [0.4, 0.5) is 0 Å². The number of hydrogen-bond acceptors (Lipinski definition) is 10. The molecule has 0 aliphatic heterocycles. The van der Waals surface area contributed by atoms with E-state index in [1.165, 1.54) is 12.1 Å². The van der Waals surface area contributed by atoms with Crippen LogP contribution in [0.3, 0.4) is 0 Å². The van der Waals surface area contributed by atoms with Crippen LogP contribution in [0.1, 0.15) is 31.8 Å². The van der Waals surface area contributed by atoms with E-state index in [1.807, 2.05) is 0 Å². The number of aromatic carboxylic acids is 2. The molecule has 0 unspecified atom stereocenters. The molecule has 0 radical (unpaired) electrons. The van der Waals surface area contributed by atoms with Crippen LogP contribution in [0, 0.1) is 0 Å². The monoisotopic (exact) mass is 434 g/mol. The number of ether oxygens (including phenoxy) is 6. The van der Waals surface area contributed by atoms with Crippen molar-refractivity contribution in [3.05, 3.63) is 34.4 Å². The van der Waals surface area contributed by atoms with Gasteiger partial charge in [0.15, 0.2) is 0 Å². The Bertz CT molecular complexity index is 613. The summed E-state index contributed by atoms with van der Waals surface area (Å²) in [6.07, 6.45) is 0. The second kappa shape index (κ2) is 15.6. The first kappa shape index (κ1) is 25.9. The topological polar surface area (TPSA) is 170 Å². The highest BCUT2D eigenvalue weighted by atomic mass is 16.7. The van der Waals surface area contributed by atoms with Crippen LogP contribution in [-0.4, -0.2) is 86.0 Å². The van der Waals surface area contributed by atoms with Gasteiger partial charge in [-0.15, -0.1) is 0 Å². The third kappa shape index (κ3) is 10.0. The van der Waals surface area contributed by atoms with E-state index in [-0.39, 0.29) is 83.5 Å². The van der Waals surface area contributed by atoms with Crippen molar-refractivity contribution in [2.24, 2.45) is 0 Å².